The highest BCUT2D eigenvalue weighted by molar-refractivity contribution is 5.74. The van der Waals surface area contributed by atoms with Crippen LogP contribution in [0.4, 0.5) is 0 Å². The lowest BCUT2D eigenvalue weighted by Gasteiger charge is -2.18. The number of carboxylic acid groups (broad SMARTS) is 1. The van der Waals surface area contributed by atoms with Crippen LogP contribution in [0.3, 0.4) is 0 Å². The Morgan fingerprint density at radius 3 is 1.36 bits per heavy atom. The van der Waals surface area contributed by atoms with Gasteiger partial charge in [-0.1, -0.05) is 0 Å². The van der Waals surface area contributed by atoms with Gasteiger partial charge in [0.25, 0.3) is 0 Å². The maximum Gasteiger partial charge on any atom is 0.309 e. The third kappa shape index (κ3) is 12.9. The molecule has 4 atom stereocenters. The predicted molar refractivity (Wildman–Crippen MR) is 81.8 cm³/mol. The van der Waals surface area contributed by atoms with Crippen LogP contribution in [0.5, 0.6) is 0 Å². The Bertz CT molecular complexity index is 472. The van der Waals surface area contributed by atoms with Crippen molar-refractivity contribution in [3.63, 3.8) is 0 Å². The van der Waals surface area contributed by atoms with Gasteiger partial charge in [0.15, 0.2) is 0 Å². The van der Waals surface area contributed by atoms with Crippen molar-refractivity contribution in [1.29, 1.82) is 0 Å². The van der Waals surface area contributed by atoms with Gasteiger partial charge in [-0.3, -0.25) is 14.4 Å². The van der Waals surface area contributed by atoms with E-state index in [1.165, 1.54) is 27.7 Å². The molecule has 0 radical (unpaired) electrons. The summed E-state index contributed by atoms with van der Waals surface area (Å²) >= 11 is 0. The molecule has 0 amide bonds. The van der Waals surface area contributed by atoms with Crippen molar-refractivity contribution in [2.75, 3.05) is 0 Å². The average Bonchev–Trinajstić information content (AvgIpc) is 2.34. The maximum absolute atomic E-state index is 11.7. The first-order valence-electron chi connectivity index (χ1n) is 7.95. The Morgan fingerprint density at radius 2 is 1.04 bits per heavy atom. The number of rotatable bonds is 11. The molecule has 0 aromatic heterocycles. The molecule has 25 heavy (non-hydrogen) atoms. The fourth-order valence-corrected chi connectivity index (χ4v) is 1.89. The zero-order chi connectivity index (χ0) is 19.6. The molecule has 0 aromatic rings. The molecule has 9 nitrogen and oxygen atoms in total. The Hall–Kier alpha value is -2.16. The lowest BCUT2D eigenvalue weighted by molar-refractivity contribution is -0.307. The molecule has 0 aliphatic heterocycles. The Kier molecular flexibility index (Phi) is 10.4. The number of hydrogen-bond acceptors (Lipinski definition) is 9. The number of esters is 3. The van der Waals surface area contributed by atoms with Gasteiger partial charge in [-0.15, -0.1) is 0 Å². The second kappa shape index (κ2) is 11.4. The lowest BCUT2D eigenvalue weighted by Crippen LogP contribution is -2.30. The van der Waals surface area contributed by atoms with Gasteiger partial charge < -0.3 is 29.2 Å². The minimum atomic E-state index is -1.33. The minimum Gasteiger partial charge on any atom is -0.550 e. The molecule has 0 aliphatic carbocycles. The average molecular weight is 361 g/mol. The molecule has 0 aliphatic rings. The van der Waals surface area contributed by atoms with Gasteiger partial charge >= 0.3 is 17.9 Å². The van der Waals surface area contributed by atoms with Gasteiger partial charge in [0.1, 0.15) is 18.3 Å². The fourth-order valence-electron chi connectivity index (χ4n) is 1.89. The van der Waals surface area contributed by atoms with Crippen molar-refractivity contribution >= 4 is 23.9 Å². The van der Waals surface area contributed by atoms with E-state index in [-0.39, 0.29) is 19.3 Å². The number of ether oxygens (including phenoxy) is 3. The molecule has 144 valence electrons. The third-order valence-electron chi connectivity index (χ3n) is 2.82. The van der Waals surface area contributed by atoms with Crippen LogP contribution < -0.4 is 5.11 Å². The summed E-state index contributed by atoms with van der Waals surface area (Å²) in [5, 5.41) is 19.4. The Morgan fingerprint density at radius 1 is 0.720 bits per heavy atom. The lowest BCUT2D eigenvalue weighted by atomic mass is 10.2. The quantitative estimate of drug-likeness (QED) is 0.380. The van der Waals surface area contributed by atoms with E-state index in [0.29, 0.717) is 0 Å². The van der Waals surface area contributed by atoms with E-state index in [2.05, 4.69) is 0 Å². The number of carbonyl (C=O) groups is 4. The summed E-state index contributed by atoms with van der Waals surface area (Å²) in [4.78, 5) is 45.0. The molecule has 1 N–H and O–H groups in total. The molecule has 0 saturated carbocycles. The highest BCUT2D eigenvalue weighted by atomic mass is 16.6. The first kappa shape index (κ1) is 22.8. The number of aliphatic hydroxyl groups is 1. The molecule has 0 fully saturated rings. The normalized spacial score (nSPS) is 15.4. The van der Waals surface area contributed by atoms with Crippen molar-refractivity contribution < 1.29 is 43.6 Å². The van der Waals surface area contributed by atoms with E-state index in [1.807, 2.05) is 0 Å². The van der Waals surface area contributed by atoms with Crippen LogP contribution in [0.1, 0.15) is 53.4 Å². The van der Waals surface area contributed by atoms with Gasteiger partial charge in [-0.25, -0.2) is 0 Å². The second-order valence-electron chi connectivity index (χ2n) is 5.94. The zero-order valence-electron chi connectivity index (χ0n) is 14.9. The predicted octanol–water partition coefficient (Wildman–Crippen LogP) is -0.527. The number of hydrogen-bond donors (Lipinski definition) is 1. The van der Waals surface area contributed by atoms with Crippen molar-refractivity contribution in [3.8, 4) is 0 Å². The van der Waals surface area contributed by atoms with E-state index in [9.17, 15) is 24.3 Å². The van der Waals surface area contributed by atoms with Crippen molar-refractivity contribution in [2.24, 2.45) is 0 Å². The van der Waals surface area contributed by atoms with E-state index in [1.54, 1.807) is 0 Å². The van der Waals surface area contributed by atoms with E-state index in [0.717, 1.165) is 0 Å². The number of aliphatic carboxylic acids is 1. The van der Waals surface area contributed by atoms with Crippen LogP contribution >= 0.6 is 0 Å². The Balaban J connectivity index is 4.14. The summed E-state index contributed by atoms with van der Waals surface area (Å²) in [7, 11) is 0. The molecule has 0 spiro atoms. The summed E-state index contributed by atoms with van der Waals surface area (Å²) in [5.41, 5.74) is 0. The summed E-state index contributed by atoms with van der Waals surface area (Å²) in [6.45, 7) is 5.83. The van der Waals surface area contributed by atoms with Gasteiger partial charge in [0, 0.05) is 12.4 Å². The van der Waals surface area contributed by atoms with Crippen LogP contribution in [0.25, 0.3) is 0 Å². The molecule has 0 unspecified atom stereocenters. The van der Waals surface area contributed by atoms with Crippen LogP contribution in [0, 0.1) is 0 Å². The van der Waals surface area contributed by atoms with Gasteiger partial charge in [0.2, 0.25) is 0 Å². The minimum absolute atomic E-state index is 0.175. The zero-order valence-corrected chi connectivity index (χ0v) is 14.9. The number of carboxylic acids is 1. The molecular formula is C16H25O9-. The first-order chi connectivity index (χ1) is 11.5. The molecule has 0 rings (SSSR count). The molecule has 0 bridgehead atoms. The van der Waals surface area contributed by atoms with Crippen LogP contribution in [-0.2, 0) is 33.4 Å². The first-order valence-corrected chi connectivity index (χ1v) is 7.95. The van der Waals surface area contributed by atoms with Gasteiger partial charge in [-0.2, -0.15) is 0 Å². The molecule has 9 heteroatoms. The molecule has 0 saturated heterocycles. The number of aliphatic hydroxyl groups excluding tert-OH is 1. The van der Waals surface area contributed by atoms with Crippen LogP contribution in [0.15, 0.2) is 0 Å². The standard InChI is InChI=1S/C16H26O9/c1-9(17)5-14(20)24-11(3)7-16(22)25-12(4)8-15(21)23-10(2)6-13(18)19/h9-12,17H,5-8H2,1-4H3,(H,18,19)/p-1/t9-,10-,11-,12-/m1/s1. The maximum atomic E-state index is 11.7. The monoisotopic (exact) mass is 361 g/mol. The highest BCUT2D eigenvalue weighted by Gasteiger charge is 2.20. The highest BCUT2D eigenvalue weighted by Crippen LogP contribution is 2.08. The summed E-state index contributed by atoms with van der Waals surface area (Å²) < 4.78 is 14.8. The van der Waals surface area contributed by atoms with Crippen molar-refractivity contribution in [1.82, 2.24) is 0 Å². The van der Waals surface area contributed by atoms with E-state index in [4.69, 9.17) is 19.3 Å². The Labute approximate surface area is 146 Å². The van der Waals surface area contributed by atoms with Gasteiger partial charge in [-0.05, 0) is 27.7 Å². The molecule has 0 aromatic carbocycles. The third-order valence-corrected chi connectivity index (χ3v) is 2.82. The van der Waals surface area contributed by atoms with E-state index >= 15 is 0 Å². The molecule has 0 heterocycles. The summed E-state index contributed by atoms with van der Waals surface area (Å²) in [5.74, 6) is -3.33. The molecular weight excluding hydrogens is 336 g/mol. The van der Waals surface area contributed by atoms with Crippen LogP contribution in [-0.4, -0.2) is 53.4 Å². The second-order valence-corrected chi connectivity index (χ2v) is 5.94. The SMILES string of the molecule is C[C@H](CC(=O)[O-])OC(=O)C[C@@H](C)OC(=O)C[C@@H](C)OC(=O)C[C@@H](C)O. The fraction of sp³-hybridized carbons (Fsp3) is 0.750. The summed E-state index contributed by atoms with van der Waals surface area (Å²) in [6.07, 6.45) is -4.23. The van der Waals surface area contributed by atoms with Crippen LogP contribution in [0.2, 0.25) is 0 Å². The summed E-state index contributed by atoms with van der Waals surface area (Å²) in [6, 6.07) is 0. The number of carbonyl (C=O) groups excluding carboxylic acids is 4. The largest absolute Gasteiger partial charge is 0.550 e. The van der Waals surface area contributed by atoms with Crippen molar-refractivity contribution in [2.45, 2.75) is 77.8 Å². The van der Waals surface area contributed by atoms with Gasteiger partial charge in [0.05, 0.1) is 25.4 Å². The smallest absolute Gasteiger partial charge is 0.309 e. The van der Waals surface area contributed by atoms with E-state index < -0.39 is 54.7 Å². The van der Waals surface area contributed by atoms with Crippen molar-refractivity contribution in [3.05, 3.63) is 0 Å². The topological polar surface area (TPSA) is 139 Å².